The number of piperazine rings is 1. The van der Waals surface area contributed by atoms with Crippen molar-refractivity contribution in [3.63, 3.8) is 0 Å². The standard InChI is InChI=1S/C22H25F3N4O3/c1-15(2)20(16-6-4-3-5-7-16)26-21(30)28-12-10-27(11-13-28)18-9-8-17(22(23,24)25)14-19(18)29(31)32/h3-9,14-15,20H,10-13H2,1-2H3,(H,26,30). The average Bonchev–Trinajstić information content (AvgIpc) is 2.76. The van der Waals surface area contributed by atoms with Crippen molar-refractivity contribution in [3.05, 3.63) is 69.8 Å². The Morgan fingerprint density at radius 1 is 1.06 bits per heavy atom. The van der Waals surface area contributed by atoms with E-state index in [2.05, 4.69) is 5.32 Å². The SMILES string of the molecule is CC(C)C(NC(=O)N1CCN(c2ccc(C(F)(F)F)cc2[N+](=O)[O-])CC1)c1ccccc1. The zero-order valence-electron chi connectivity index (χ0n) is 17.8. The van der Waals surface area contributed by atoms with Crippen molar-refractivity contribution in [3.8, 4) is 0 Å². The maximum atomic E-state index is 12.9. The topological polar surface area (TPSA) is 78.7 Å². The maximum Gasteiger partial charge on any atom is 0.416 e. The molecule has 10 heteroatoms. The summed E-state index contributed by atoms with van der Waals surface area (Å²) >= 11 is 0. The summed E-state index contributed by atoms with van der Waals surface area (Å²) in [6.45, 7) is 5.17. The predicted octanol–water partition coefficient (Wildman–Crippen LogP) is 4.84. The minimum atomic E-state index is -4.66. The fourth-order valence-electron chi connectivity index (χ4n) is 3.78. The van der Waals surface area contributed by atoms with Crippen molar-refractivity contribution < 1.29 is 22.9 Å². The highest BCUT2D eigenvalue weighted by Crippen LogP contribution is 2.36. The molecule has 1 atom stereocenters. The number of urea groups is 1. The van der Waals surface area contributed by atoms with Crippen molar-refractivity contribution in [1.82, 2.24) is 10.2 Å². The van der Waals surface area contributed by atoms with Crippen LogP contribution in [0.1, 0.15) is 31.0 Å². The summed E-state index contributed by atoms with van der Waals surface area (Å²) in [5, 5.41) is 14.4. The van der Waals surface area contributed by atoms with Crippen LogP contribution in [0.5, 0.6) is 0 Å². The van der Waals surface area contributed by atoms with Gasteiger partial charge in [-0.15, -0.1) is 0 Å². The highest BCUT2D eigenvalue weighted by Gasteiger charge is 2.34. The van der Waals surface area contributed by atoms with Crippen LogP contribution < -0.4 is 10.2 Å². The van der Waals surface area contributed by atoms with Gasteiger partial charge in [0.2, 0.25) is 0 Å². The van der Waals surface area contributed by atoms with E-state index in [1.165, 1.54) is 0 Å². The van der Waals surface area contributed by atoms with Gasteiger partial charge in [-0.3, -0.25) is 10.1 Å². The molecular weight excluding hydrogens is 425 g/mol. The zero-order valence-corrected chi connectivity index (χ0v) is 17.8. The molecule has 2 aromatic rings. The molecule has 0 aromatic heterocycles. The summed E-state index contributed by atoms with van der Waals surface area (Å²) in [5.41, 5.74) is -0.546. The van der Waals surface area contributed by atoms with Gasteiger partial charge in [-0.1, -0.05) is 44.2 Å². The number of nitrogens with one attached hydrogen (secondary N) is 1. The molecule has 0 radical (unpaired) electrons. The lowest BCUT2D eigenvalue weighted by molar-refractivity contribution is -0.384. The number of rotatable bonds is 5. The van der Waals surface area contributed by atoms with E-state index in [0.29, 0.717) is 19.2 Å². The highest BCUT2D eigenvalue weighted by molar-refractivity contribution is 5.75. The Morgan fingerprint density at radius 3 is 2.22 bits per heavy atom. The number of alkyl halides is 3. The minimum absolute atomic E-state index is 0.118. The third kappa shape index (κ3) is 5.30. The molecule has 1 saturated heterocycles. The first-order valence-electron chi connectivity index (χ1n) is 10.3. The number of carbonyl (C=O) groups excluding carboxylic acids is 1. The van der Waals surface area contributed by atoms with Crippen molar-refractivity contribution in [2.45, 2.75) is 26.1 Å². The van der Waals surface area contributed by atoms with Crippen LogP contribution in [0.25, 0.3) is 0 Å². The van der Waals surface area contributed by atoms with Crippen LogP contribution in [0, 0.1) is 16.0 Å². The molecule has 172 valence electrons. The van der Waals surface area contributed by atoms with Crippen LogP contribution in [-0.2, 0) is 6.18 Å². The van der Waals surface area contributed by atoms with Gasteiger partial charge in [0.1, 0.15) is 5.69 Å². The number of nitro groups is 1. The summed E-state index contributed by atoms with van der Waals surface area (Å²) < 4.78 is 38.8. The van der Waals surface area contributed by atoms with Gasteiger partial charge in [-0.2, -0.15) is 13.2 Å². The number of nitrogens with zero attached hydrogens (tertiary/aromatic N) is 3. The Morgan fingerprint density at radius 2 is 1.69 bits per heavy atom. The van der Waals surface area contributed by atoms with E-state index in [4.69, 9.17) is 0 Å². The van der Waals surface area contributed by atoms with E-state index in [9.17, 15) is 28.1 Å². The molecule has 2 aromatic carbocycles. The first kappa shape index (κ1) is 23.4. The third-order valence-electron chi connectivity index (χ3n) is 5.51. The van der Waals surface area contributed by atoms with Crippen LogP contribution in [0.3, 0.4) is 0 Å². The fraction of sp³-hybridized carbons (Fsp3) is 0.409. The number of hydrogen-bond acceptors (Lipinski definition) is 4. The van der Waals surface area contributed by atoms with E-state index < -0.39 is 22.4 Å². The molecule has 1 aliphatic heterocycles. The Bertz CT molecular complexity index is 959. The summed E-state index contributed by atoms with van der Waals surface area (Å²) in [6.07, 6.45) is -4.66. The van der Waals surface area contributed by atoms with Gasteiger partial charge in [0.25, 0.3) is 5.69 Å². The molecule has 0 aliphatic carbocycles. The van der Waals surface area contributed by atoms with E-state index in [1.54, 1.807) is 9.80 Å². The van der Waals surface area contributed by atoms with Gasteiger partial charge in [-0.05, 0) is 23.6 Å². The van der Waals surface area contributed by atoms with E-state index in [-0.39, 0.29) is 36.8 Å². The predicted molar refractivity (Wildman–Crippen MR) is 114 cm³/mol. The van der Waals surface area contributed by atoms with E-state index >= 15 is 0 Å². The highest BCUT2D eigenvalue weighted by atomic mass is 19.4. The van der Waals surface area contributed by atoms with Crippen LogP contribution in [-0.4, -0.2) is 42.0 Å². The number of anilines is 1. The Kier molecular flexibility index (Phi) is 6.90. The number of nitro benzene ring substituents is 1. The van der Waals surface area contributed by atoms with Gasteiger partial charge in [0.05, 0.1) is 16.5 Å². The molecule has 1 unspecified atom stereocenters. The summed E-state index contributed by atoms with van der Waals surface area (Å²) in [5.74, 6) is 0.164. The monoisotopic (exact) mass is 450 g/mol. The van der Waals surface area contributed by atoms with Crippen molar-refractivity contribution in [2.24, 2.45) is 5.92 Å². The number of carbonyl (C=O) groups is 1. The second kappa shape index (κ2) is 9.46. The lowest BCUT2D eigenvalue weighted by Gasteiger charge is -2.37. The molecule has 2 amide bonds. The van der Waals surface area contributed by atoms with E-state index in [1.807, 2.05) is 44.2 Å². The van der Waals surface area contributed by atoms with Crippen LogP contribution in [0.2, 0.25) is 0 Å². The first-order chi connectivity index (χ1) is 15.1. The summed E-state index contributed by atoms with van der Waals surface area (Å²) in [7, 11) is 0. The molecule has 7 nitrogen and oxygen atoms in total. The van der Waals surface area contributed by atoms with E-state index in [0.717, 1.165) is 17.7 Å². The van der Waals surface area contributed by atoms with Gasteiger partial charge in [0.15, 0.2) is 0 Å². The van der Waals surface area contributed by atoms with Crippen molar-refractivity contribution >= 4 is 17.4 Å². The minimum Gasteiger partial charge on any atom is -0.362 e. The molecule has 0 spiro atoms. The molecule has 0 saturated carbocycles. The summed E-state index contributed by atoms with van der Waals surface area (Å²) in [4.78, 5) is 26.6. The Labute approximate surface area is 184 Å². The molecule has 1 heterocycles. The number of benzene rings is 2. The van der Waals surface area contributed by atoms with Crippen LogP contribution >= 0.6 is 0 Å². The second-order valence-corrected chi connectivity index (χ2v) is 8.01. The number of halogens is 3. The Hall–Kier alpha value is -3.30. The Balaban J connectivity index is 1.68. The van der Waals surface area contributed by atoms with Gasteiger partial charge < -0.3 is 15.1 Å². The van der Waals surface area contributed by atoms with Crippen LogP contribution in [0.4, 0.5) is 29.3 Å². The molecule has 3 rings (SSSR count). The van der Waals surface area contributed by atoms with Gasteiger partial charge in [0, 0.05) is 32.2 Å². The molecule has 0 bridgehead atoms. The average molecular weight is 450 g/mol. The van der Waals surface area contributed by atoms with Gasteiger partial charge >= 0.3 is 12.2 Å². The second-order valence-electron chi connectivity index (χ2n) is 8.01. The number of amides is 2. The molecule has 1 aliphatic rings. The van der Waals surface area contributed by atoms with Crippen molar-refractivity contribution in [1.29, 1.82) is 0 Å². The molecular formula is C22H25F3N4O3. The molecule has 1 N–H and O–H groups in total. The lowest BCUT2D eigenvalue weighted by Crippen LogP contribution is -2.52. The normalized spacial score (nSPS) is 15.6. The van der Waals surface area contributed by atoms with Crippen molar-refractivity contribution in [2.75, 3.05) is 31.1 Å². The molecule has 1 fully saturated rings. The quantitative estimate of drug-likeness (QED) is 0.522. The number of hydrogen-bond donors (Lipinski definition) is 1. The van der Waals surface area contributed by atoms with Crippen LogP contribution in [0.15, 0.2) is 48.5 Å². The lowest BCUT2D eigenvalue weighted by atomic mass is 9.96. The largest absolute Gasteiger partial charge is 0.416 e. The van der Waals surface area contributed by atoms with Gasteiger partial charge in [-0.25, -0.2) is 4.79 Å². The maximum absolute atomic E-state index is 12.9. The first-order valence-corrected chi connectivity index (χ1v) is 10.3. The zero-order chi connectivity index (χ0) is 23.5. The fourth-order valence-corrected chi connectivity index (χ4v) is 3.78. The third-order valence-corrected chi connectivity index (χ3v) is 5.51. The smallest absolute Gasteiger partial charge is 0.362 e. The summed E-state index contributed by atoms with van der Waals surface area (Å²) in [6, 6.07) is 11.7. The molecule has 32 heavy (non-hydrogen) atoms.